The number of thiocarbonyl (C=S) groups is 1. The van der Waals surface area contributed by atoms with E-state index >= 15 is 0 Å². The Hall–Kier alpha value is -2.12. The second-order valence-corrected chi connectivity index (χ2v) is 12.1. The van der Waals surface area contributed by atoms with Gasteiger partial charge in [-0.3, -0.25) is 0 Å². The van der Waals surface area contributed by atoms with Crippen LogP contribution in [0.5, 0.6) is 0 Å². The highest BCUT2D eigenvalue weighted by molar-refractivity contribution is 7.80. The summed E-state index contributed by atoms with van der Waals surface area (Å²) in [5.41, 5.74) is 1.42. The first-order valence-electron chi connectivity index (χ1n) is 14.2. The number of hydrogen-bond donors (Lipinski definition) is 2. The van der Waals surface area contributed by atoms with Crippen molar-refractivity contribution in [3.8, 4) is 0 Å². The van der Waals surface area contributed by atoms with Crippen LogP contribution in [0, 0.1) is 5.92 Å². The van der Waals surface area contributed by atoms with Crippen LogP contribution < -0.4 is 20.4 Å². The van der Waals surface area contributed by atoms with Crippen LogP contribution in [0.25, 0.3) is 0 Å². The molecule has 37 heavy (non-hydrogen) atoms. The molecule has 2 aromatic rings. The van der Waals surface area contributed by atoms with Crippen molar-refractivity contribution < 1.29 is 0 Å². The Labute approximate surface area is 232 Å². The van der Waals surface area contributed by atoms with Gasteiger partial charge >= 0.3 is 0 Å². The SMILES string of the molecule is CC1CCN(c2cc(N3CCCCCC3)nc(NC(=S)NCC3(c4ccc(Cl)cc4)CCCC3)n2)CC1. The maximum atomic E-state index is 6.17. The van der Waals surface area contributed by atoms with Gasteiger partial charge in [-0.15, -0.1) is 0 Å². The summed E-state index contributed by atoms with van der Waals surface area (Å²) in [6.45, 7) is 7.34. The molecule has 1 saturated carbocycles. The molecule has 5 rings (SSSR count). The molecule has 2 aliphatic heterocycles. The third-order valence-corrected chi connectivity index (χ3v) is 9.07. The number of benzene rings is 1. The molecule has 3 aliphatic rings. The quantitative estimate of drug-likeness (QED) is 0.403. The average molecular weight is 541 g/mol. The molecule has 6 nitrogen and oxygen atoms in total. The topological polar surface area (TPSA) is 56.3 Å². The minimum Gasteiger partial charge on any atom is -0.361 e. The van der Waals surface area contributed by atoms with E-state index in [1.165, 1.54) is 56.9 Å². The summed E-state index contributed by atoms with van der Waals surface area (Å²) in [5.74, 6) is 3.41. The van der Waals surface area contributed by atoms with E-state index in [0.717, 1.165) is 68.1 Å². The molecule has 3 fully saturated rings. The molecule has 1 aromatic carbocycles. The number of nitrogens with zero attached hydrogens (tertiary/aromatic N) is 4. The fraction of sp³-hybridized carbons (Fsp3) is 0.621. The van der Waals surface area contributed by atoms with E-state index < -0.39 is 0 Å². The van der Waals surface area contributed by atoms with Gasteiger partial charge in [0, 0.05) is 49.2 Å². The Balaban J connectivity index is 1.31. The molecule has 0 spiro atoms. The van der Waals surface area contributed by atoms with Gasteiger partial charge < -0.3 is 20.4 Å². The number of piperidine rings is 1. The molecule has 0 bridgehead atoms. The molecule has 0 atom stereocenters. The Bertz CT molecular complexity index is 1040. The standard InChI is InChI=1S/C29H41ClN6S/c1-22-12-18-36(19-13-22)26-20-25(35-16-6-2-3-7-17-35)32-27(33-26)34-28(37)31-21-29(14-4-5-15-29)23-8-10-24(30)11-9-23/h8-11,20,22H,2-7,12-19,21H2,1H3,(H2,31,32,33,34,37). The molecule has 2 N–H and O–H groups in total. The molecule has 200 valence electrons. The first-order chi connectivity index (χ1) is 18.0. The first-order valence-corrected chi connectivity index (χ1v) is 15.0. The largest absolute Gasteiger partial charge is 0.361 e. The van der Waals surface area contributed by atoms with Crippen LogP contribution in [-0.2, 0) is 5.41 Å². The minimum atomic E-state index is 0.0841. The Morgan fingerprint density at radius 1 is 0.919 bits per heavy atom. The number of anilines is 3. The predicted octanol–water partition coefficient (Wildman–Crippen LogP) is 6.55. The van der Waals surface area contributed by atoms with Gasteiger partial charge in [0.15, 0.2) is 5.11 Å². The molecular weight excluding hydrogens is 500 g/mol. The summed E-state index contributed by atoms with van der Waals surface area (Å²) < 4.78 is 0. The summed E-state index contributed by atoms with van der Waals surface area (Å²) in [5, 5.41) is 8.24. The van der Waals surface area contributed by atoms with Crippen molar-refractivity contribution in [2.45, 2.75) is 76.5 Å². The molecule has 0 radical (unpaired) electrons. The fourth-order valence-corrected chi connectivity index (χ4v) is 6.45. The normalized spacial score (nSPS) is 20.5. The van der Waals surface area contributed by atoms with Crippen LogP contribution in [-0.4, -0.2) is 47.8 Å². The molecule has 3 heterocycles. The molecule has 8 heteroatoms. The highest BCUT2D eigenvalue weighted by Gasteiger charge is 2.35. The van der Waals surface area contributed by atoms with Gasteiger partial charge in [-0.05, 0) is 74.4 Å². The van der Waals surface area contributed by atoms with Gasteiger partial charge in [-0.25, -0.2) is 0 Å². The second-order valence-electron chi connectivity index (χ2n) is 11.3. The lowest BCUT2D eigenvalue weighted by atomic mass is 9.79. The van der Waals surface area contributed by atoms with Crippen LogP contribution in [0.3, 0.4) is 0 Å². The maximum Gasteiger partial charge on any atom is 0.232 e. The van der Waals surface area contributed by atoms with E-state index in [1.54, 1.807) is 0 Å². The van der Waals surface area contributed by atoms with Crippen molar-refractivity contribution in [3.63, 3.8) is 0 Å². The Morgan fingerprint density at radius 3 is 2.14 bits per heavy atom. The van der Waals surface area contributed by atoms with E-state index in [2.05, 4.69) is 45.6 Å². The zero-order chi connectivity index (χ0) is 25.7. The average Bonchev–Trinajstić information content (AvgIpc) is 3.22. The molecule has 0 unspecified atom stereocenters. The van der Waals surface area contributed by atoms with E-state index in [0.29, 0.717) is 11.1 Å². The third-order valence-electron chi connectivity index (χ3n) is 8.57. The number of hydrogen-bond acceptors (Lipinski definition) is 5. The summed E-state index contributed by atoms with van der Waals surface area (Å²) in [6, 6.07) is 10.5. The zero-order valence-corrected chi connectivity index (χ0v) is 23.7. The van der Waals surface area contributed by atoms with Gasteiger partial charge in [-0.2, -0.15) is 9.97 Å². The van der Waals surface area contributed by atoms with Crippen LogP contribution in [0.1, 0.15) is 76.7 Å². The smallest absolute Gasteiger partial charge is 0.232 e. The van der Waals surface area contributed by atoms with Gasteiger partial charge in [0.1, 0.15) is 11.6 Å². The molecule has 1 aromatic heterocycles. The molecule has 2 saturated heterocycles. The Kier molecular flexibility index (Phi) is 8.71. The highest BCUT2D eigenvalue weighted by atomic mass is 35.5. The maximum absolute atomic E-state index is 6.17. The first kappa shape index (κ1) is 26.5. The molecule has 0 amide bonds. The van der Waals surface area contributed by atoms with E-state index in [4.69, 9.17) is 33.8 Å². The number of nitrogens with one attached hydrogen (secondary N) is 2. The van der Waals surface area contributed by atoms with Crippen LogP contribution in [0.15, 0.2) is 30.3 Å². The van der Waals surface area contributed by atoms with Gasteiger partial charge in [0.05, 0.1) is 0 Å². The monoisotopic (exact) mass is 540 g/mol. The highest BCUT2D eigenvalue weighted by Crippen LogP contribution is 2.41. The van der Waals surface area contributed by atoms with Crippen molar-refractivity contribution in [1.29, 1.82) is 0 Å². The van der Waals surface area contributed by atoms with Crippen molar-refractivity contribution in [2.75, 3.05) is 47.8 Å². The number of rotatable bonds is 6. The third kappa shape index (κ3) is 6.66. The molecular formula is C29H41ClN6S. The van der Waals surface area contributed by atoms with Crippen LogP contribution in [0.2, 0.25) is 5.02 Å². The summed E-state index contributed by atoms with van der Waals surface area (Å²) in [6.07, 6.45) is 12.2. The van der Waals surface area contributed by atoms with Crippen molar-refractivity contribution in [2.24, 2.45) is 5.92 Å². The Morgan fingerprint density at radius 2 is 1.51 bits per heavy atom. The van der Waals surface area contributed by atoms with Gasteiger partial charge in [-0.1, -0.05) is 56.3 Å². The number of halogens is 1. The van der Waals surface area contributed by atoms with Crippen molar-refractivity contribution in [1.82, 2.24) is 15.3 Å². The van der Waals surface area contributed by atoms with Crippen molar-refractivity contribution in [3.05, 3.63) is 40.9 Å². The van der Waals surface area contributed by atoms with Crippen LogP contribution in [0.4, 0.5) is 17.6 Å². The van der Waals surface area contributed by atoms with Gasteiger partial charge in [0.2, 0.25) is 5.95 Å². The lowest BCUT2D eigenvalue weighted by molar-refractivity contribution is 0.435. The predicted molar refractivity (Wildman–Crippen MR) is 159 cm³/mol. The summed E-state index contributed by atoms with van der Waals surface area (Å²) >= 11 is 11.9. The number of aromatic nitrogens is 2. The van der Waals surface area contributed by atoms with E-state index in [-0.39, 0.29) is 5.41 Å². The van der Waals surface area contributed by atoms with E-state index in [1.807, 2.05) is 12.1 Å². The summed E-state index contributed by atoms with van der Waals surface area (Å²) in [4.78, 5) is 14.7. The van der Waals surface area contributed by atoms with Crippen LogP contribution >= 0.6 is 23.8 Å². The van der Waals surface area contributed by atoms with E-state index in [9.17, 15) is 0 Å². The van der Waals surface area contributed by atoms with Crippen molar-refractivity contribution >= 4 is 46.5 Å². The fourth-order valence-electron chi connectivity index (χ4n) is 6.16. The summed E-state index contributed by atoms with van der Waals surface area (Å²) in [7, 11) is 0. The lowest BCUT2D eigenvalue weighted by Crippen LogP contribution is -2.41. The molecule has 1 aliphatic carbocycles. The van der Waals surface area contributed by atoms with Gasteiger partial charge in [0.25, 0.3) is 0 Å². The second kappa shape index (κ2) is 12.2. The lowest BCUT2D eigenvalue weighted by Gasteiger charge is -2.32. The minimum absolute atomic E-state index is 0.0841. The zero-order valence-electron chi connectivity index (χ0n) is 22.1.